The summed E-state index contributed by atoms with van der Waals surface area (Å²) >= 11 is 7.67. The number of nitrogens with zero attached hydrogens (tertiary/aromatic N) is 1. The van der Waals surface area contributed by atoms with E-state index in [0.29, 0.717) is 16.4 Å². The first-order valence-corrected chi connectivity index (χ1v) is 6.27. The number of carbonyl (C=O) groups excluding carboxylic acids is 1. The van der Waals surface area contributed by atoms with Crippen LogP contribution in [0.2, 0.25) is 5.02 Å². The van der Waals surface area contributed by atoms with Crippen LogP contribution in [0.3, 0.4) is 0 Å². The third-order valence-corrected chi connectivity index (χ3v) is 4.21. The summed E-state index contributed by atoms with van der Waals surface area (Å²) < 4.78 is 1.06. The largest absolute Gasteiger partial charge is 0.341 e. The Morgan fingerprint density at radius 1 is 1.44 bits per heavy atom. The summed E-state index contributed by atoms with van der Waals surface area (Å²) in [5.41, 5.74) is 0. The molecule has 2 aromatic rings. The predicted molar refractivity (Wildman–Crippen MR) is 69.5 cm³/mol. The molecule has 1 aromatic carbocycles. The molecule has 0 aliphatic rings. The fourth-order valence-corrected chi connectivity index (χ4v) is 2.98. The molecule has 0 radical (unpaired) electrons. The summed E-state index contributed by atoms with van der Waals surface area (Å²) in [6.45, 7) is 2.63. The monoisotopic (exact) mass is 253 g/mol. The second kappa shape index (κ2) is 4.44. The summed E-state index contributed by atoms with van der Waals surface area (Å²) in [6, 6.07) is 7.80. The lowest BCUT2D eigenvalue weighted by atomic mass is 10.2. The van der Waals surface area contributed by atoms with E-state index in [-0.39, 0.29) is 5.91 Å². The summed E-state index contributed by atoms with van der Waals surface area (Å²) in [5, 5.41) is 1.54. The summed E-state index contributed by atoms with van der Waals surface area (Å²) in [6.07, 6.45) is 0. The average Bonchev–Trinajstić information content (AvgIpc) is 2.65. The zero-order valence-corrected chi connectivity index (χ0v) is 10.7. The Labute approximate surface area is 103 Å². The minimum atomic E-state index is -0.00583. The van der Waals surface area contributed by atoms with Gasteiger partial charge < -0.3 is 4.90 Å². The molecule has 1 aromatic heterocycles. The number of fused-ring (bicyclic) bond motifs is 1. The lowest BCUT2D eigenvalue weighted by Gasteiger charge is -2.12. The van der Waals surface area contributed by atoms with Gasteiger partial charge in [0, 0.05) is 23.7 Å². The third kappa shape index (κ3) is 1.81. The number of rotatable bonds is 2. The van der Waals surface area contributed by atoms with E-state index in [9.17, 15) is 4.79 Å². The summed E-state index contributed by atoms with van der Waals surface area (Å²) in [4.78, 5) is 14.3. The highest BCUT2D eigenvalue weighted by atomic mass is 35.5. The Morgan fingerprint density at radius 3 is 2.75 bits per heavy atom. The van der Waals surface area contributed by atoms with Gasteiger partial charge in [0.05, 0.1) is 5.02 Å². The van der Waals surface area contributed by atoms with Crippen LogP contribution < -0.4 is 0 Å². The zero-order valence-electron chi connectivity index (χ0n) is 9.16. The Hall–Kier alpha value is -1.06. The number of benzene rings is 1. The molecule has 0 saturated heterocycles. The third-order valence-electron chi connectivity index (χ3n) is 2.55. The second-order valence-corrected chi connectivity index (χ2v) is 4.99. The van der Waals surface area contributed by atoms with Crippen molar-refractivity contribution < 1.29 is 4.79 Å². The molecule has 0 bridgehead atoms. The van der Waals surface area contributed by atoms with Crippen molar-refractivity contribution in [2.24, 2.45) is 0 Å². The standard InChI is InChI=1S/C12H12ClNOS/c1-3-14(2)12(15)11-10(13)8-6-4-5-7-9(8)16-11/h4-7H,3H2,1-2H3. The molecule has 0 saturated carbocycles. The first kappa shape index (κ1) is 11.4. The van der Waals surface area contributed by atoms with E-state index in [4.69, 9.17) is 11.6 Å². The average molecular weight is 254 g/mol. The van der Waals surface area contributed by atoms with Gasteiger partial charge in [0.2, 0.25) is 0 Å². The van der Waals surface area contributed by atoms with Crippen LogP contribution in [0.15, 0.2) is 24.3 Å². The summed E-state index contributed by atoms with van der Waals surface area (Å²) in [7, 11) is 1.78. The SMILES string of the molecule is CCN(C)C(=O)c1sc2ccccc2c1Cl. The van der Waals surface area contributed by atoms with Gasteiger partial charge >= 0.3 is 0 Å². The first-order valence-electron chi connectivity index (χ1n) is 5.07. The van der Waals surface area contributed by atoms with Crippen LogP contribution in [0.25, 0.3) is 10.1 Å². The van der Waals surface area contributed by atoms with E-state index >= 15 is 0 Å². The van der Waals surface area contributed by atoms with Crippen molar-refractivity contribution in [3.8, 4) is 0 Å². The molecule has 0 aliphatic heterocycles. The van der Waals surface area contributed by atoms with E-state index in [1.165, 1.54) is 11.3 Å². The molecular weight excluding hydrogens is 242 g/mol. The maximum absolute atomic E-state index is 12.0. The second-order valence-electron chi connectivity index (χ2n) is 3.56. The molecular formula is C12H12ClNOS. The lowest BCUT2D eigenvalue weighted by molar-refractivity contribution is 0.0807. The van der Waals surface area contributed by atoms with E-state index in [1.54, 1.807) is 11.9 Å². The maximum Gasteiger partial charge on any atom is 0.265 e. The Kier molecular flexibility index (Phi) is 3.17. The molecule has 0 spiro atoms. The van der Waals surface area contributed by atoms with Crippen molar-refractivity contribution in [1.82, 2.24) is 4.90 Å². The molecule has 0 aliphatic carbocycles. The van der Waals surface area contributed by atoms with Crippen LogP contribution in [-0.2, 0) is 0 Å². The van der Waals surface area contributed by atoms with Crippen molar-refractivity contribution in [2.75, 3.05) is 13.6 Å². The topological polar surface area (TPSA) is 20.3 Å². The van der Waals surface area contributed by atoms with Gasteiger partial charge in [-0.05, 0) is 13.0 Å². The van der Waals surface area contributed by atoms with Crippen molar-refractivity contribution in [2.45, 2.75) is 6.92 Å². The smallest absolute Gasteiger partial charge is 0.265 e. The van der Waals surface area contributed by atoms with Gasteiger partial charge in [-0.25, -0.2) is 0 Å². The van der Waals surface area contributed by atoms with Crippen LogP contribution in [0, 0.1) is 0 Å². The molecule has 16 heavy (non-hydrogen) atoms. The minimum Gasteiger partial charge on any atom is -0.341 e. The van der Waals surface area contributed by atoms with E-state index in [2.05, 4.69) is 0 Å². The van der Waals surface area contributed by atoms with Gasteiger partial charge in [0.1, 0.15) is 4.88 Å². The van der Waals surface area contributed by atoms with Crippen molar-refractivity contribution >= 4 is 38.9 Å². The number of hydrogen-bond acceptors (Lipinski definition) is 2. The van der Waals surface area contributed by atoms with E-state index in [1.807, 2.05) is 31.2 Å². The lowest BCUT2D eigenvalue weighted by Crippen LogP contribution is -2.25. The zero-order chi connectivity index (χ0) is 11.7. The molecule has 0 N–H and O–H groups in total. The van der Waals surface area contributed by atoms with Crippen molar-refractivity contribution in [1.29, 1.82) is 0 Å². The highest BCUT2D eigenvalue weighted by molar-refractivity contribution is 7.21. The van der Waals surface area contributed by atoms with Crippen LogP contribution in [0.5, 0.6) is 0 Å². The normalized spacial score (nSPS) is 10.7. The minimum absolute atomic E-state index is 0.00583. The van der Waals surface area contributed by atoms with Crippen molar-refractivity contribution in [3.63, 3.8) is 0 Å². The fraction of sp³-hybridized carbons (Fsp3) is 0.250. The van der Waals surface area contributed by atoms with Crippen molar-refractivity contribution in [3.05, 3.63) is 34.2 Å². The number of carbonyl (C=O) groups is 1. The van der Waals surface area contributed by atoms with Gasteiger partial charge in [0.15, 0.2) is 0 Å². The predicted octanol–water partition coefficient (Wildman–Crippen LogP) is 3.65. The molecule has 0 atom stereocenters. The summed E-state index contributed by atoms with van der Waals surface area (Å²) in [5.74, 6) is -0.00583. The highest BCUT2D eigenvalue weighted by Gasteiger charge is 2.18. The van der Waals surface area contributed by atoms with Gasteiger partial charge in [-0.2, -0.15) is 0 Å². The molecule has 1 heterocycles. The molecule has 1 amide bonds. The number of thiophene rings is 1. The molecule has 0 fully saturated rings. The molecule has 4 heteroatoms. The van der Waals surface area contributed by atoms with Gasteiger partial charge in [0.25, 0.3) is 5.91 Å². The molecule has 84 valence electrons. The van der Waals surface area contributed by atoms with Gasteiger partial charge in [-0.15, -0.1) is 11.3 Å². The Balaban J connectivity index is 2.53. The Morgan fingerprint density at radius 2 is 2.12 bits per heavy atom. The van der Waals surface area contributed by atoms with Crippen LogP contribution in [-0.4, -0.2) is 24.4 Å². The number of halogens is 1. The van der Waals surface area contributed by atoms with Crippen LogP contribution in [0.1, 0.15) is 16.6 Å². The molecule has 2 nitrogen and oxygen atoms in total. The van der Waals surface area contributed by atoms with Gasteiger partial charge in [-0.3, -0.25) is 4.79 Å². The number of amides is 1. The first-order chi connectivity index (χ1) is 7.65. The number of hydrogen-bond donors (Lipinski definition) is 0. The molecule has 0 unspecified atom stereocenters. The van der Waals surface area contributed by atoms with E-state index < -0.39 is 0 Å². The van der Waals surface area contributed by atoms with E-state index in [0.717, 1.165) is 10.1 Å². The maximum atomic E-state index is 12.0. The quantitative estimate of drug-likeness (QED) is 0.800. The molecule has 2 rings (SSSR count). The highest BCUT2D eigenvalue weighted by Crippen LogP contribution is 2.35. The van der Waals surface area contributed by atoms with Gasteiger partial charge in [-0.1, -0.05) is 29.8 Å². The fourth-order valence-electron chi connectivity index (χ4n) is 1.47. The Bertz CT molecular complexity index is 535. The van der Waals surface area contributed by atoms with Crippen LogP contribution >= 0.6 is 22.9 Å². The van der Waals surface area contributed by atoms with Crippen LogP contribution in [0.4, 0.5) is 0 Å².